The van der Waals surface area contributed by atoms with E-state index in [1.807, 2.05) is 60.7 Å². The summed E-state index contributed by atoms with van der Waals surface area (Å²) in [5, 5.41) is 18.6. The third kappa shape index (κ3) is 3.83. The van der Waals surface area contributed by atoms with Crippen molar-refractivity contribution in [1.29, 1.82) is 0 Å². The molecule has 0 aliphatic rings. The minimum absolute atomic E-state index is 0.299. The molecule has 136 valence electrons. The van der Waals surface area contributed by atoms with Gasteiger partial charge in [-0.1, -0.05) is 48.5 Å². The molecule has 1 amide bonds. The zero-order valence-corrected chi connectivity index (χ0v) is 14.8. The second kappa shape index (κ2) is 8.05. The van der Waals surface area contributed by atoms with Gasteiger partial charge in [-0.15, -0.1) is 5.11 Å². The maximum Gasteiger partial charge on any atom is 0.258 e. The second-order valence-electron chi connectivity index (χ2n) is 5.89. The number of nitrogens with one attached hydrogen (secondary N) is 2. The van der Waals surface area contributed by atoms with E-state index >= 15 is 0 Å². The molecule has 4 aromatic rings. The van der Waals surface area contributed by atoms with Gasteiger partial charge in [-0.2, -0.15) is 10.2 Å². The number of rotatable bonds is 5. The minimum atomic E-state index is -0.324. The first kappa shape index (κ1) is 17.3. The van der Waals surface area contributed by atoms with Gasteiger partial charge in [0.15, 0.2) is 11.5 Å². The summed E-state index contributed by atoms with van der Waals surface area (Å²) in [4.78, 5) is 16.5. The number of nitrogens with zero attached hydrogens (tertiary/aromatic N) is 4. The summed E-state index contributed by atoms with van der Waals surface area (Å²) >= 11 is 0. The Kier molecular flexibility index (Phi) is 4.97. The first-order valence-corrected chi connectivity index (χ1v) is 8.63. The largest absolute Gasteiger partial charge is 0.303 e. The number of aromatic nitrogens is 3. The van der Waals surface area contributed by atoms with E-state index in [0.717, 1.165) is 5.56 Å². The van der Waals surface area contributed by atoms with E-state index in [-0.39, 0.29) is 5.91 Å². The van der Waals surface area contributed by atoms with Crippen molar-refractivity contribution in [1.82, 2.24) is 15.2 Å². The molecule has 7 nitrogen and oxygen atoms in total. The van der Waals surface area contributed by atoms with Gasteiger partial charge >= 0.3 is 0 Å². The lowest BCUT2D eigenvalue weighted by atomic mass is 10.1. The second-order valence-corrected chi connectivity index (χ2v) is 5.89. The normalized spacial score (nSPS) is 10.9. The average molecular weight is 368 g/mol. The summed E-state index contributed by atoms with van der Waals surface area (Å²) in [5.74, 6) is -0.0252. The van der Waals surface area contributed by atoms with E-state index < -0.39 is 0 Å². The third-order valence-corrected chi connectivity index (χ3v) is 3.98. The van der Waals surface area contributed by atoms with Crippen molar-refractivity contribution in [3.63, 3.8) is 0 Å². The van der Waals surface area contributed by atoms with Crippen molar-refractivity contribution in [2.24, 2.45) is 10.2 Å². The number of hydrogen-bond acceptors (Lipinski definition) is 5. The van der Waals surface area contributed by atoms with Crippen LogP contribution in [0.25, 0.3) is 11.3 Å². The van der Waals surface area contributed by atoms with Crippen LogP contribution in [0.1, 0.15) is 10.4 Å². The molecular formula is C21H16N6O. The van der Waals surface area contributed by atoms with Crippen LogP contribution in [0.5, 0.6) is 0 Å². The highest BCUT2D eigenvalue weighted by molar-refractivity contribution is 6.05. The molecule has 0 fully saturated rings. The van der Waals surface area contributed by atoms with Gasteiger partial charge in [0.2, 0.25) is 0 Å². The van der Waals surface area contributed by atoms with Crippen molar-refractivity contribution in [3.8, 4) is 11.3 Å². The molecule has 0 aliphatic heterocycles. The zero-order chi connectivity index (χ0) is 19.2. The molecule has 2 aromatic carbocycles. The lowest BCUT2D eigenvalue weighted by molar-refractivity contribution is 0.102. The number of carbonyl (C=O) groups excluding carboxylic acids is 1. The fourth-order valence-corrected chi connectivity index (χ4v) is 2.61. The number of azo groups is 1. The van der Waals surface area contributed by atoms with Gasteiger partial charge in [-0.25, -0.2) is 0 Å². The Bertz CT molecular complexity index is 1090. The number of anilines is 1. The molecule has 0 saturated carbocycles. The molecule has 0 aliphatic carbocycles. The van der Waals surface area contributed by atoms with Crippen LogP contribution in [-0.2, 0) is 0 Å². The molecule has 7 heteroatoms. The van der Waals surface area contributed by atoms with Crippen molar-refractivity contribution < 1.29 is 4.79 Å². The van der Waals surface area contributed by atoms with E-state index in [9.17, 15) is 4.79 Å². The molecule has 0 bridgehead atoms. The monoisotopic (exact) mass is 368 g/mol. The Morgan fingerprint density at radius 3 is 2.36 bits per heavy atom. The molecule has 0 unspecified atom stereocenters. The average Bonchev–Trinajstić information content (AvgIpc) is 3.16. The van der Waals surface area contributed by atoms with E-state index in [2.05, 4.69) is 30.7 Å². The quantitative estimate of drug-likeness (QED) is 0.477. The predicted octanol–water partition coefficient (Wildman–Crippen LogP) is 5.14. The first-order chi connectivity index (χ1) is 13.8. The smallest absolute Gasteiger partial charge is 0.258 e. The summed E-state index contributed by atoms with van der Waals surface area (Å²) in [5.41, 5.74) is 3.14. The highest BCUT2D eigenvalue weighted by Crippen LogP contribution is 2.35. The molecule has 2 aromatic heterocycles. The van der Waals surface area contributed by atoms with Crippen LogP contribution in [0.2, 0.25) is 0 Å². The van der Waals surface area contributed by atoms with Crippen LogP contribution in [0.4, 0.5) is 17.2 Å². The third-order valence-electron chi connectivity index (χ3n) is 3.98. The van der Waals surface area contributed by atoms with Crippen LogP contribution in [-0.4, -0.2) is 21.1 Å². The maximum absolute atomic E-state index is 12.5. The van der Waals surface area contributed by atoms with Crippen molar-refractivity contribution in [2.45, 2.75) is 0 Å². The van der Waals surface area contributed by atoms with Gasteiger partial charge < -0.3 is 5.32 Å². The van der Waals surface area contributed by atoms with E-state index in [1.165, 1.54) is 6.20 Å². The number of aromatic amines is 1. The topological polar surface area (TPSA) is 95.4 Å². The van der Waals surface area contributed by atoms with Crippen LogP contribution in [0.3, 0.4) is 0 Å². The fourth-order valence-electron chi connectivity index (χ4n) is 2.61. The van der Waals surface area contributed by atoms with Crippen LogP contribution >= 0.6 is 0 Å². The lowest BCUT2D eigenvalue weighted by Crippen LogP contribution is -2.12. The standard InChI is InChI=1S/C21H16N6O/c28-21(16-10-7-13-22-14-16)23-20-19(26-24-17-11-5-2-6-12-17)18(25-27-20)15-8-3-1-4-9-15/h1-14H,(H2,23,25,27,28). The van der Waals surface area contributed by atoms with E-state index in [4.69, 9.17) is 0 Å². The molecule has 0 atom stereocenters. The molecule has 2 N–H and O–H groups in total. The number of benzene rings is 2. The zero-order valence-electron chi connectivity index (χ0n) is 14.8. The van der Waals surface area contributed by atoms with E-state index in [0.29, 0.717) is 28.5 Å². The summed E-state index contributed by atoms with van der Waals surface area (Å²) in [6, 6.07) is 22.4. The molecular weight excluding hydrogens is 352 g/mol. The van der Waals surface area contributed by atoms with E-state index in [1.54, 1.807) is 18.3 Å². The number of carbonyl (C=O) groups is 1. The van der Waals surface area contributed by atoms with Gasteiger partial charge in [0, 0.05) is 18.0 Å². The molecule has 28 heavy (non-hydrogen) atoms. The van der Waals surface area contributed by atoms with Crippen molar-refractivity contribution in [2.75, 3.05) is 5.32 Å². The van der Waals surface area contributed by atoms with Gasteiger partial charge in [0.25, 0.3) is 5.91 Å². The predicted molar refractivity (Wildman–Crippen MR) is 107 cm³/mol. The Balaban J connectivity index is 1.71. The Morgan fingerprint density at radius 2 is 1.64 bits per heavy atom. The highest BCUT2D eigenvalue weighted by Gasteiger charge is 2.17. The Morgan fingerprint density at radius 1 is 0.893 bits per heavy atom. The molecule has 4 rings (SSSR count). The van der Waals surface area contributed by atoms with Gasteiger partial charge in [0.05, 0.1) is 16.9 Å². The molecule has 0 radical (unpaired) electrons. The summed E-state index contributed by atoms with van der Waals surface area (Å²) < 4.78 is 0. The van der Waals surface area contributed by atoms with Crippen LogP contribution in [0, 0.1) is 0 Å². The van der Waals surface area contributed by atoms with Gasteiger partial charge in [-0.3, -0.25) is 14.9 Å². The number of pyridine rings is 1. The number of H-pyrrole nitrogens is 1. The first-order valence-electron chi connectivity index (χ1n) is 8.63. The SMILES string of the molecule is O=C(Nc1n[nH]c(-c2ccccc2)c1N=Nc1ccccc1)c1cccnc1. The van der Waals surface area contributed by atoms with Crippen LogP contribution < -0.4 is 5.32 Å². The summed E-state index contributed by atoms with van der Waals surface area (Å²) in [6.07, 6.45) is 3.10. The van der Waals surface area contributed by atoms with Crippen molar-refractivity contribution >= 4 is 23.1 Å². The minimum Gasteiger partial charge on any atom is -0.303 e. The fraction of sp³-hybridized carbons (Fsp3) is 0. The summed E-state index contributed by atoms with van der Waals surface area (Å²) in [6.45, 7) is 0. The molecule has 0 spiro atoms. The Labute approximate surface area is 161 Å². The van der Waals surface area contributed by atoms with Gasteiger partial charge in [0.1, 0.15) is 0 Å². The van der Waals surface area contributed by atoms with Crippen molar-refractivity contribution in [3.05, 3.63) is 90.8 Å². The summed E-state index contributed by atoms with van der Waals surface area (Å²) in [7, 11) is 0. The molecule has 0 saturated heterocycles. The van der Waals surface area contributed by atoms with Crippen LogP contribution in [0.15, 0.2) is 95.4 Å². The molecule has 2 heterocycles. The van der Waals surface area contributed by atoms with Gasteiger partial charge in [-0.05, 0) is 24.3 Å². The lowest BCUT2D eigenvalue weighted by Gasteiger charge is -2.03. The Hall–Kier alpha value is -4.13. The number of amides is 1. The maximum atomic E-state index is 12.5. The highest BCUT2D eigenvalue weighted by atomic mass is 16.1. The number of hydrogen-bond donors (Lipinski definition) is 2.